The third-order valence-electron chi connectivity index (χ3n) is 1.10. The molecule has 0 aliphatic rings. The first-order valence-corrected chi connectivity index (χ1v) is 3.61. The Labute approximate surface area is 62.2 Å². The molecule has 0 heterocycles. The molecule has 1 heteroatoms. The molecular weight excluding hydrogens is 132 g/mol. The summed E-state index contributed by atoms with van der Waals surface area (Å²) >= 11 is 5.73. The lowest BCUT2D eigenvalue weighted by Gasteiger charge is -1.90. The summed E-state index contributed by atoms with van der Waals surface area (Å²) in [6.45, 7) is 3.97. The summed E-state index contributed by atoms with van der Waals surface area (Å²) in [5.74, 6) is 0. The Morgan fingerprint density at radius 3 is 2.56 bits per heavy atom. The maximum Gasteiger partial charge on any atom is 0.0141 e. The molecular formula is C8H13Cl. The van der Waals surface area contributed by atoms with E-state index in [9.17, 15) is 0 Å². The highest BCUT2D eigenvalue weighted by Gasteiger charge is 1.85. The molecule has 0 nitrogen and oxygen atoms in total. The van der Waals surface area contributed by atoms with E-state index in [1.807, 2.05) is 26.0 Å². The van der Waals surface area contributed by atoms with Gasteiger partial charge in [0.05, 0.1) is 0 Å². The molecule has 0 aromatic carbocycles. The molecule has 52 valence electrons. The molecule has 0 spiro atoms. The maximum atomic E-state index is 5.73. The predicted octanol–water partition coefficient (Wildman–Crippen LogP) is 3.49. The lowest BCUT2D eigenvalue weighted by atomic mass is 10.3. The third-order valence-corrected chi connectivity index (χ3v) is 1.51. The van der Waals surface area contributed by atoms with Crippen molar-refractivity contribution >= 4 is 11.6 Å². The van der Waals surface area contributed by atoms with Gasteiger partial charge in [0.2, 0.25) is 0 Å². The predicted molar refractivity (Wildman–Crippen MR) is 43.7 cm³/mol. The van der Waals surface area contributed by atoms with E-state index >= 15 is 0 Å². The summed E-state index contributed by atoms with van der Waals surface area (Å²) in [5.41, 5.74) is 0. The van der Waals surface area contributed by atoms with Crippen LogP contribution in [0.25, 0.3) is 0 Å². The molecule has 0 atom stereocenters. The SMILES string of the molecule is C/C=C\CC/C(Cl)=C\C. The van der Waals surface area contributed by atoms with Gasteiger partial charge in [-0.3, -0.25) is 0 Å². The van der Waals surface area contributed by atoms with Gasteiger partial charge in [-0.25, -0.2) is 0 Å². The molecule has 0 N–H and O–H groups in total. The Kier molecular flexibility index (Phi) is 5.75. The van der Waals surface area contributed by atoms with E-state index < -0.39 is 0 Å². The van der Waals surface area contributed by atoms with Crippen molar-refractivity contribution < 1.29 is 0 Å². The Balaban J connectivity index is 3.28. The molecule has 0 unspecified atom stereocenters. The normalized spacial score (nSPS) is 13.0. The van der Waals surface area contributed by atoms with Crippen LogP contribution in [0.3, 0.4) is 0 Å². The summed E-state index contributed by atoms with van der Waals surface area (Å²) in [4.78, 5) is 0. The Hall–Kier alpha value is -0.230. The smallest absolute Gasteiger partial charge is 0.0141 e. The first kappa shape index (κ1) is 8.77. The third kappa shape index (κ3) is 5.64. The minimum atomic E-state index is 0.952. The van der Waals surface area contributed by atoms with Crippen LogP contribution >= 0.6 is 11.6 Å². The van der Waals surface area contributed by atoms with Crippen molar-refractivity contribution in [3.05, 3.63) is 23.3 Å². The van der Waals surface area contributed by atoms with Crippen molar-refractivity contribution in [3.8, 4) is 0 Å². The first-order valence-electron chi connectivity index (χ1n) is 3.23. The quantitative estimate of drug-likeness (QED) is 0.532. The van der Waals surface area contributed by atoms with Crippen molar-refractivity contribution in [1.29, 1.82) is 0 Å². The van der Waals surface area contributed by atoms with Gasteiger partial charge in [0.1, 0.15) is 0 Å². The topological polar surface area (TPSA) is 0 Å². The standard InChI is InChI=1S/C8H13Cl/c1-3-5-6-7-8(9)4-2/h3-5H,6-7H2,1-2H3/b5-3-,8-4+. The Bertz CT molecular complexity index is 112. The van der Waals surface area contributed by atoms with E-state index in [0.29, 0.717) is 0 Å². The highest BCUT2D eigenvalue weighted by molar-refractivity contribution is 6.29. The van der Waals surface area contributed by atoms with E-state index in [2.05, 4.69) is 6.08 Å². The molecule has 0 aromatic rings. The van der Waals surface area contributed by atoms with E-state index in [4.69, 9.17) is 11.6 Å². The van der Waals surface area contributed by atoms with Crippen LogP contribution in [0.5, 0.6) is 0 Å². The number of hydrogen-bond donors (Lipinski definition) is 0. The number of halogens is 1. The average molecular weight is 145 g/mol. The summed E-state index contributed by atoms with van der Waals surface area (Å²) in [6, 6.07) is 0. The zero-order valence-corrected chi connectivity index (χ0v) is 6.78. The van der Waals surface area contributed by atoms with Crippen LogP contribution < -0.4 is 0 Å². The highest BCUT2D eigenvalue weighted by atomic mass is 35.5. The minimum Gasteiger partial charge on any atom is -0.0917 e. The fourth-order valence-corrected chi connectivity index (χ4v) is 0.641. The van der Waals surface area contributed by atoms with E-state index in [1.165, 1.54) is 0 Å². The molecule has 0 amide bonds. The molecule has 0 saturated heterocycles. The lowest BCUT2D eigenvalue weighted by molar-refractivity contribution is 1.03. The van der Waals surface area contributed by atoms with Gasteiger partial charge in [-0.15, -0.1) is 0 Å². The molecule has 0 fully saturated rings. The minimum absolute atomic E-state index is 0.952. The average Bonchev–Trinajstić information content (AvgIpc) is 1.89. The van der Waals surface area contributed by atoms with Gasteiger partial charge >= 0.3 is 0 Å². The second kappa shape index (κ2) is 5.90. The zero-order valence-electron chi connectivity index (χ0n) is 6.02. The van der Waals surface area contributed by atoms with Crippen LogP contribution in [-0.4, -0.2) is 0 Å². The van der Waals surface area contributed by atoms with Gasteiger partial charge in [-0.05, 0) is 26.7 Å². The van der Waals surface area contributed by atoms with Gasteiger partial charge in [-0.1, -0.05) is 29.8 Å². The van der Waals surface area contributed by atoms with E-state index in [1.54, 1.807) is 0 Å². The van der Waals surface area contributed by atoms with Gasteiger partial charge in [0, 0.05) is 5.03 Å². The molecule has 0 aromatic heterocycles. The molecule has 0 aliphatic carbocycles. The largest absolute Gasteiger partial charge is 0.0917 e. The first-order chi connectivity index (χ1) is 4.31. The van der Waals surface area contributed by atoms with Crippen molar-refractivity contribution in [1.82, 2.24) is 0 Å². The van der Waals surface area contributed by atoms with Gasteiger partial charge in [-0.2, -0.15) is 0 Å². The molecule has 0 aliphatic heterocycles. The fourth-order valence-electron chi connectivity index (χ4n) is 0.532. The number of allylic oxidation sites excluding steroid dienone is 4. The van der Waals surface area contributed by atoms with Crippen LogP contribution in [0, 0.1) is 0 Å². The summed E-state index contributed by atoms with van der Waals surface area (Å²) in [7, 11) is 0. The molecule has 0 rings (SSSR count). The van der Waals surface area contributed by atoms with E-state index in [0.717, 1.165) is 17.9 Å². The van der Waals surface area contributed by atoms with Crippen LogP contribution in [0.15, 0.2) is 23.3 Å². The van der Waals surface area contributed by atoms with E-state index in [-0.39, 0.29) is 0 Å². The van der Waals surface area contributed by atoms with Crippen LogP contribution in [0.2, 0.25) is 0 Å². The second-order valence-electron chi connectivity index (χ2n) is 1.84. The van der Waals surface area contributed by atoms with Gasteiger partial charge in [0.15, 0.2) is 0 Å². The van der Waals surface area contributed by atoms with Crippen molar-refractivity contribution in [3.63, 3.8) is 0 Å². The molecule has 9 heavy (non-hydrogen) atoms. The zero-order chi connectivity index (χ0) is 7.11. The van der Waals surface area contributed by atoms with Crippen LogP contribution in [-0.2, 0) is 0 Å². The summed E-state index contributed by atoms with van der Waals surface area (Å²) in [6.07, 6.45) is 8.12. The number of hydrogen-bond acceptors (Lipinski definition) is 0. The highest BCUT2D eigenvalue weighted by Crippen LogP contribution is 2.09. The summed E-state index contributed by atoms with van der Waals surface area (Å²) < 4.78 is 0. The molecule has 0 bridgehead atoms. The van der Waals surface area contributed by atoms with Crippen LogP contribution in [0.1, 0.15) is 26.7 Å². The Morgan fingerprint density at radius 1 is 1.44 bits per heavy atom. The number of rotatable bonds is 3. The lowest BCUT2D eigenvalue weighted by Crippen LogP contribution is -1.69. The summed E-state index contributed by atoms with van der Waals surface area (Å²) in [5, 5.41) is 0.952. The Morgan fingerprint density at radius 2 is 2.11 bits per heavy atom. The molecule has 0 saturated carbocycles. The fraction of sp³-hybridized carbons (Fsp3) is 0.500. The van der Waals surface area contributed by atoms with Gasteiger partial charge < -0.3 is 0 Å². The van der Waals surface area contributed by atoms with Crippen LogP contribution in [0.4, 0.5) is 0 Å². The second-order valence-corrected chi connectivity index (χ2v) is 2.33. The van der Waals surface area contributed by atoms with Crippen molar-refractivity contribution in [2.45, 2.75) is 26.7 Å². The van der Waals surface area contributed by atoms with Crippen molar-refractivity contribution in [2.24, 2.45) is 0 Å². The monoisotopic (exact) mass is 144 g/mol. The molecule has 0 radical (unpaired) electrons. The van der Waals surface area contributed by atoms with Crippen molar-refractivity contribution in [2.75, 3.05) is 0 Å². The van der Waals surface area contributed by atoms with Gasteiger partial charge in [0.25, 0.3) is 0 Å². The maximum absolute atomic E-state index is 5.73.